The van der Waals surface area contributed by atoms with E-state index in [1.165, 1.54) is 0 Å². The average molecular weight is 236 g/mol. The maximum Gasteiger partial charge on any atom is 0.169 e. The van der Waals surface area contributed by atoms with Gasteiger partial charge in [0.15, 0.2) is 5.16 Å². The summed E-state index contributed by atoms with van der Waals surface area (Å²) in [5.74, 6) is 0.684. The van der Waals surface area contributed by atoms with Crippen LogP contribution in [0.5, 0.6) is 0 Å². The number of rotatable bonds is 4. The van der Waals surface area contributed by atoms with Crippen molar-refractivity contribution in [2.75, 3.05) is 5.75 Å². The molecule has 1 N–H and O–H groups in total. The van der Waals surface area contributed by atoms with E-state index in [4.69, 9.17) is 0 Å². The number of aromatic nitrogens is 2. The number of fused-ring (bicyclic) bond motifs is 1. The first-order valence-electron chi connectivity index (χ1n) is 5.48. The highest BCUT2D eigenvalue weighted by Crippen LogP contribution is 2.24. The summed E-state index contributed by atoms with van der Waals surface area (Å²) in [6, 6.07) is 8.13. The molecule has 0 aliphatic carbocycles. The number of aryl methyl sites for hydroxylation is 1. The minimum absolute atomic E-state index is 0.296. The van der Waals surface area contributed by atoms with Crippen molar-refractivity contribution in [1.29, 1.82) is 0 Å². The Balaban J connectivity index is 2.36. The zero-order chi connectivity index (χ0) is 11.5. The minimum atomic E-state index is -0.296. The van der Waals surface area contributed by atoms with E-state index in [1.54, 1.807) is 18.7 Å². The molecule has 0 unspecified atom stereocenters. The predicted molar refractivity (Wildman–Crippen MR) is 67.8 cm³/mol. The monoisotopic (exact) mass is 236 g/mol. The molecule has 0 saturated carbocycles. The second-order valence-electron chi connectivity index (χ2n) is 3.79. The van der Waals surface area contributed by atoms with Gasteiger partial charge in [-0.05, 0) is 26.0 Å². The number of nitrogens with zero attached hydrogens (tertiary/aromatic N) is 2. The van der Waals surface area contributed by atoms with Gasteiger partial charge in [0.1, 0.15) is 0 Å². The summed E-state index contributed by atoms with van der Waals surface area (Å²) in [6.45, 7) is 4.81. The van der Waals surface area contributed by atoms with Crippen LogP contribution >= 0.6 is 11.8 Å². The molecule has 1 heterocycles. The van der Waals surface area contributed by atoms with Gasteiger partial charge in [0.25, 0.3) is 0 Å². The van der Waals surface area contributed by atoms with Crippen molar-refractivity contribution < 1.29 is 5.11 Å². The number of hydrogen-bond acceptors (Lipinski definition) is 3. The molecule has 4 heteroatoms. The summed E-state index contributed by atoms with van der Waals surface area (Å²) in [4.78, 5) is 4.57. The second kappa shape index (κ2) is 4.89. The van der Waals surface area contributed by atoms with Crippen LogP contribution in [0.3, 0.4) is 0 Å². The molecule has 0 aliphatic rings. The van der Waals surface area contributed by atoms with Crippen LogP contribution in [0, 0.1) is 0 Å². The number of para-hydroxylation sites is 2. The lowest BCUT2D eigenvalue weighted by Gasteiger charge is -2.06. The van der Waals surface area contributed by atoms with Crippen molar-refractivity contribution in [2.45, 2.75) is 31.7 Å². The molecule has 0 amide bonds. The van der Waals surface area contributed by atoms with Crippen molar-refractivity contribution in [2.24, 2.45) is 0 Å². The maximum atomic E-state index is 9.29. The summed E-state index contributed by atoms with van der Waals surface area (Å²) in [7, 11) is 0. The van der Waals surface area contributed by atoms with Gasteiger partial charge in [0, 0.05) is 12.3 Å². The van der Waals surface area contributed by atoms with Gasteiger partial charge in [0.05, 0.1) is 17.1 Å². The molecule has 1 aromatic carbocycles. The Hall–Kier alpha value is -1.00. The number of imidazole rings is 1. The molecule has 0 aliphatic heterocycles. The van der Waals surface area contributed by atoms with Gasteiger partial charge >= 0.3 is 0 Å². The average Bonchev–Trinajstić information content (AvgIpc) is 2.63. The molecule has 2 rings (SSSR count). The van der Waals surface area contributed by atoms with Gasteiger partial charge in [-0.2, -0.15) is 0 Å². The number of hydrogen-bond donors (Lipinski definition) is 1. The third kappa shape index (κ3) is 2.23. The summed E-state index contributed by atoms with van der Waals surface area (Å²) < 4.78 is 2.18. The SMILES string of the molecule is CCn1c(SC[C@@H](C)O)nc2ccccc21. The van der Waals surface area contributed by atoms with Crippen molar-refractivity contribution in [3.8, 4) is 0 Å². The fourth-order valence-electron chi connectivity index (χ4n) is 1.66. The van der Waals surface area contributed by atoms with E-state index in [2.05, 4.69) is 22.5 Å². The first kappa shape index (κ1) is 11.5. The smallest absolute Gasteiger partial charge is 0.169 e. The molecule has 0 fully saturated rings. The summed E-state index contributed by atoms with van der Waals surface area (Å²) in [6.07, 6.45) is -0.296. The Bertz CT molecular complexity index is 479. The van der Waals surface area contributed by atoms with Crippen molar-refractivity contribution in [1.82, 2.24) is 9.55 Å². The summed E-state index contributed by atoms with van der Waals surface area (Å²) in [5, 5.41) is 10.3. The zero-order valence-corrected chi connectivity index (χ0v) is 10.4. The summed E-state index contributed by atoms with van der Waals surface area (Å²) >= 11 is 1.61. The van der Waals surface area contributed by atoms with E-state index in [-0.39, 0.29) is 6.10 Å². The molecule has 0 radical (unpaired) electrons. The molecule has 1 aromatic heterocycles. The first-order chi connectivity index (χ1) is 7.72. The fraction of sp³-hybridized carbons (Fsp3) is 0.417. The Kier molecular flexibility index (Phi) is 3.51. The third-order valence-corrected chi connectivity index (χ3v) is 3.61. The molecule has 2 aromatic rings. The number of thioether (sulfide) groups is 1. The van der Waals surface area contributed by atoms with E-state index in [1.807, 2.05) is 18.2 Å². The Morgan fingerprint density at radius 3 is 2.88 bits per heavy atom. The van der Waals surface area contributed by atoms with Crippen LogP contribution < -0.4 is 0 Å². The highest BCUT2D eigenvalue weighted by Gasteiger charge is 2.09. The van der Waals surface area contributed by atoms with Crippen LogP contribution in [0.1, 0.15) is 13.8 Å². The molecule has 0 spiro atoms. The highest BCUT2D eigenvalue weighted by atomic mass is 32.2. The van der Waals surface area contributed by atoms with Crippen LogP contribution in [0.2, 0.25) is 0 Å². The minimum Gasteiger partial charge on any atom is -0.393 e. The third-order valence-electron chi connectivity index (χ3n) is 2.39. The Morgan fingerprint density at radius 1 is 1.44 bits per heavy atom. The molecule has 0 bridgehead atoms. The Morgan fingerprint density at radius 2 is 2.19 bits per heavy atom. The normalized spacial score (nSPS) is 13.2. The molecular formula is C12H16N2OS. The molecule has 0 saturated heterocycles. The lowest BCUT2D eigenvalue weighted by Crippen LogP contribution is -2.04. The van der Waals surface area contributed by atoms with Gasteiger partial charge in [-0.25, -0.2) is 4.98 Å². The van der Waals surface area contributed by atoms with Gasteiger partial charge in [-0.15, -0.1) is 0 Å². The maximum absolute atomic E-state index is 9.29. The van der Waals surface area contributed by atoms with Crippen LogP contribution in [0.4, 0.5) is 0 Å². The van der Waals surface area contributed by atoms with Gasteiger partial charge in [0.2, 0.25) is 0 Å². The van der Waals surface area contributed by atoms with Crippen LogP contribution in [0.25, 0.3) is 11.0 Å². The number of aliphatic hydroxyl groups excluding tert-OH is 1. The van der Waals surface area contributed by atoms with E-state index in [9.17, 15) is 5.11 Å². The quantitative estimate of drug-likeness (QED) is 0.829. The predicted octanol–water partition coefficient (Wildman–Crippen LogP) is 2.53. The highest BCUT2D eigenvalue weighted by molar-refractivity contribution is 7.99. The van der Waals surface area contributed by atoms with Crippen LogP contribution in [0.15, 0.2) is 29.4 Å². The van der Waals surface area contributed by atoms with E-state index in [0.29, 0.717) is 5.75 Å². The molecular weight excluding hydrogens is 220 g/mol. The van der Waals surface area contributed by atoms with Gasteiger partial charge in [-0.3, -0.25) is 0 Å². The summed E-state index contributed by atoms with van der Waals surface area (Å²) in [5.41, 5.74) is 2.19. The van der Waals surface area contributed by atoms with Crippen molar-refractivity contribution in [3.63, 3.8) is 0 Å². The van der Waals surface area contributed by atoms with Crippen LogP contribution in [-0.2, 0) is 6.54 Å². The standard InChI is InChI=1S/C12H16N2OS/c1-3-14-11-7-5-4-6-10(11)13-12(14)16-8-9(2)15/h4-7,9,15H,3,8H2,1-2H3/t9-/m1/s1. The number of benzene rings is 1. The molecule has 16 heavy (non-hydrogen) atoms. The Labute approximate surface area is 99.5 Å². The van der Waals surface area contributed by atoms with E-state index in [0.717, 1.165) is 22.7 Å². The zero-order valence-electron chi connectivity index (χ0n) is 9.55. The van der Waals surface area contributed by atoms with Gasteiger partial charge in [-0.1, -0.05) is 23.9 Å². The second-order valence-corrected chi connectivity index (χ2v) is 4.77. The van der Waals surface area contributed by atoms with E-state index >= 15 is 0 Å². The molecule has 1 atom stereocenters. The molecule has 86 valence electrons. The lowest BCUT2D eigenvalue weighted by molar-refractivity contribution is 0.220. The number of aliphatic hydroxyl groups is 1. The largest absolute Gasteiger partial charge is 0.393 e. The fourth-order valence-corrected chi connectivity index (χ4v) is 2.60. The van der Waals surface area contributed by atoms with E-state index < -0.39 is 0 Å². The van der Waals surface area contributed by atoms with Crippen molar-refractivity contribution >= 4 is 22.8 Å². The topological polar surface area (TPSA) is 38.0 Å². The van der Waals surface area contributed by atoms with Crippen molar-refractivity contribution in [3.05, 3.63) is 24.3 Å². The first-order valence-corrected chi connectivity index (χ1v) is 6.47. The van der Waals surface area contributed by atoms with Gasteiger partial charge < -0.3 is 9.67 Å². The lowest BCUT2D eigenvalue weighted by atomic mass is 10.3. The molecule has 3 nitrogen and oxygen atoms in total. The van der Waals surface area contributed by atoms with Crippen LogP contribution in [-0.4, -0.2) is 26.5 Å².